The summed E-state index contributed by atoms with van der Waals surface area (Å²) in [5, 5.41) is 7.16. The van der Waals surface area contributed by atoms with Gasteiger partial charge in [0, 0.05) is 6.42 Å². The molecule has 1 aliphatic rings. The number of oxime groups is 1. The Morgan fingerprint density at radius 1 is 1.56 bits per heavy atom. The van der Waals surface area contributed by atoms with Crippen LogP contribution in [0.5, 0.6) is 0 Å². The summed E-state index contributed by atoms with van der Waals surface area (Å²) in [6.45, 7) is 4.22. The Morgan fingerprint density at radius 3 is 2.89 bits per heavy atom. The Balaban J connectivity index is 1.96. The summed E-state index contributed by atoms with van der Waals surface area (Å²) in [5.41, 5.74) is 0.948. The standard InChI is InChI=1S/C13H15ClN2O2/c1-9-7-13(2,18-16-9)8-15-12(17)10-5-3-4-6-11(10)14/h3-6H,7-8H2,1-2H3,(H,15,17)/t13-/m0/s1. The molecule has 5 heteroatoms. The molecule has 1 atom stereocenters. The van der Waals surface area contributed by atoms with E-state index >= 15 is 0 Å². The Bertz CT molecular complexity index is 502. The second-order valence-electron chi connectivity index (χ2n) is 4.71. The van der Waals surface area contributed by atoms with Gasteiger partial charge in [-0.3, -0.25) is 4.79 Å². The summed E-state index contributed by atoms with van der Waals surface area (Å²) in [5.74, 6) is -0.199. The van der Waals surface area contributed by atoms with Gasteiger partial charge in [-0.2, -0.15) is 0 Å². The van der Waals surface area contributed by atoms with Crippen molar-refractivity contribution in [3.05, 3.63) is 34.9 Å². The van der Waals surface area contributed by atoms with E-state index in [2.05, 4.69) is 10.5 Å². The summed E-state index contributed by atoms with van der Waals surface area (Å²) < 4.78 is 0. The van der Waals surface area contributed by atoms with Crippen LogP contribution in [0.15, 0.2) is 29.4 Å². The van der Waals surface area contributed by atoms with E-state index in [1.165, 1.54) is 0 Å². The largest absolute Gasteiger partial charge is 0.387 e. The number of rotatable bonds is 3. The first-order valence-corrected chi connectivity index (χ1v) is 6.12. The molecule has 1 amide bonds. The highest BCUT2D eigenvalue weighted by molar-refractivity contribution is 6.33. The predicted molar refractivity (Wildman–Crippen MR) is 71.0 cm³/mol. The third-order valence-corrected chi connectivity index (χ3v) is 3.12. The van der Waals surface area contributed by atoms with Crippen LogP contribution in [-0.2, 0) is 4.84 Å². The van der Waals surface area contributed by atoms with Gasteiger partial charge in [0.05, 0.1) is 22.8 Å². The lowest BCUT2D eigenvalue weighted by atomic mass is 10.0. The Morgan fingerprint density at radius 2 is 2.28 bits per heavy atom. The van der Waals surface area contributed by atoms with Crippen LogP contribution in [0.2, 0.25) is 5.02 Å². The van der Waals surface area contributed by atoms with Crippen LogP contribution in [0.4, 0.5) is 0 Å². The smallest absolute Gasteiger partial charge is 0.252 e. The number of nitrogens with one attached hydrogen (secondary N) is 1. The van der Waals surface area contributed by atoms with Gasteiger partial charge in [0.2, 0.25) is 0 Å². The second-order valence-corrected chi connectivity index (χ2v) is 5.11. The fraction of sp³-hybridized carbons (Fsp3) is 0.385. The van der Waals surface area contributed by atoms with Crippen LogP contribution in [0.1, 0.15) is 30.6 Å². The minimum atomic E-state index is -0.457. The molecule has 0 aromatic heterocycles. The van der Waals surface area contributed by atoms with E-state index < -0.39 is 5.60 Å². The molecule has 0 fully saturated rings. The zero-order chi connectivity index (χ0) is 13.2. The molecule has 0 unspecified atom stereocenters. The highest BCUT2D eigenvalue weighted by Crippen LogP contribution is 2.22. The predicted octanol–water partition coefficient (Wildman–Crippen LogP) is 2.62. The SMILES string of the molecule is CC1=NO[C@](C)(CNC(=O)c2ccccc2Cl)C1. The van der Waals surface area contributed by atoms with E-state index in [-0.39, 0.29) is 5.91 Å². The molecule has 1 aliphatic heterocycles. The highest BCUT2D eigenvalue weighted by atomic mass is 35.5. The average molecular weight is 267 g/mol. The Labute approximate surface area is 111 Å². The first kappa shape index (κ1) is 12.9. The van der Waals surface area contributed by atoms with E-state index in [0.717, 1.165) is 12.1 Å². The molecule has 1 aromatic rings. The van der Waals surface area contributed by atoms with Gasteiger partial charge in [-0.15, -0.1) is 0 Å². The summed E-state index contributed by atoms with van der Waals surface area (Å²) in [6.07, 6.45) is 0.718. The van der Waals surface area contributed by atoms with Gasteiger partial charge >= 0.3 is 0 Å². The van der Waals surface area contributed by atoms with E-state index in [9.17, 15) is 4.79 Å². The number of hydrogen-bond acceptors (Lipinski definition) is 3. The van der Waals surface area contributed by atoms with E-state index in [4.69, 9.17) is 16.4 Å². The van der Waals surface area contributed by atoms with Gasteiger partial charge < -0.3 is 10.2 Å². The normalized spacial score (nSPS) is 22.3. The third-order valence-electron chi connectivity index (χ3n) is 2.79. The fourth-order valence-electron chi connectivity index (χ4n) is 1.90. The average Bonchev–Trinajstić information content (AvgIpc) is 2.68. The molecule has 0 aliphatic carbocycles. The van der Waals surface area contributed by atoms with Crippen LogP contribution >= 0.6 is 11.6 Å². The minimum absolute atomic E-state index is 0.199. The minimum Gasteiger partial charge on any atom is -0.387 e. The second kappa shape index (κ2) is 4.98. The zero-order valence-corrected chi connectivity index (χ0v) is 11.1. The monoisotopic (exact) mass is 266 g/mol. The van der Waals surface area contributed by atoms with Crippen LogP contribution in [0, 0.1) is 0 Å². The molecule has 1 N–H and O–H groups in total. The Hall–Kier alpha value is -1.55. The number of carbonyl (C=O) groups is 1. The quantitative estimate of drug-likeness (QED) is 0.914. The van der Waals surface area contributed by atoms with E-state index in [0.29, 0.717) is 17.1 Å². The van der Waals surface area contributed by atoms with Crippen molar-refractivity contribution in [3.63, 3.8) is 0 Å². The molecule has 4 nitrogen and oxygen atoms in total. The van der Waals surface area contributed by atoms with Crippen molar-refractivity contribution in [1.29, 1.82) is 0 Å². The van der Waals surface area contributed by atoms with Gasteiger partial charge in [0.15, 0.2) is 5.60 Å². The van der Waals surface area contributed by atoms with Gasteiger partial charge in [-0.1, -0.05) is 28.9 Å². The number of amides is 1. The molecule has 1 heterocycles. The number of carbonyl (C=O) groups excluding carboxylic acids is 1. The molecular weight excluding hydrogens is 252 g/mol. The first-order valence-electron chi connectivity index (χ1n) is 5.74. The van der Waals surface area contributed by atoms with Crippen LogP contribution in [0.3, 0.4) is 0 Å². The van der Waals surface area contributed by atoms with Crippen molar-refractivity contribution >= 4 is 23.2 Å². The van der Waals surface area contributed by atoms with E-state index in [1.54, 1.807) is 24.3 Å². The molecule has 0 bridgehead atoms. The van der Waals surface area contributed by atoms with Crippen molar-refractivity contribution in [2.24, 2.45) is 5.16 Å². The lowest BCUT2D eigenvalue weighted by Crippen LogP contribution is -2.40. The maximum absolute atomic E-state index is 12.0. The maximum atomic E-state index is 12.0. The molecule has 18 heavy (non-hydrogen) atoms. The zero-order valence-electron chi connectivity index (χ0n) is 10.4. The van der Waals surface area contributed by atoms with Crippen molar-refractivity contribution in [2.75, 3.05) is 6.54 Å². The lowest BCUT2D eigenvalue weighted by Gasteiger charge is -2.21. The summed E-state index contributed by atoms with van der Waals surface area (Å²) in [7, 11) is 0. The molecule has 96 valence electrons. The molecule has 0 saturated heterocycles. The van der Waals surface area contributed by atoms with Crippen LogP contribution in [-0.4, -0.2) is 23.8 Å². The van der Waals surface area contributed by atoms with Crippen LogP contribution < -0.4 is 5.32 Å². The molecule has 0 saturated carbocycles. The van der Waals surface area contributed by atoms with Gasteiger partial charge in [0.25, 0.3) is 5.91 Å². The maximum Gasteiger partial charge on any atom is 0.252 e. The highest BCUT2D eigenvalue weighted by Gasteiger charge is 2.33. The molecule has 1 aromatic carbocycles. The van der Waals surface area contributed by atoms with Crippen LogP contribution in [0.25, 0.3) is 0 Å². The summed E-state index contributed by atoms with van der Waals surface area (Å²) >= 11 is 5.96. The van der Waals surface area contributed by atoms with Gasteiger partial charge in [-0.05, 0) is 26.0 Å². The third kappa shape index (κ3) is 2.82. The van der Waals surface area contributed by atoms with Gasteiger partial charge in [0.1, 0.15) is 0 Å². The first-order chi connectivity index (χ1) is 8.50. The molecule has 2 rings (SSSR count). The molecular formula is C13H15ClN2O2. The van der Waals surface area contributed by atoms with Crippen molar-refractivity contribution < 1.29 is 9.63 Å². The summed E-state index contributed by atoms with van der Waals surface area (Å²) in [4.78, 5) is 17.3. The summed E-state index contributed by atoms with van der Waals surface area (Å²) in [6, 6.07) is 6.95. The van der Waals surface area contributed by atoms with Crippen molar-refractivity contribution in [3.8, 4) is 0 Å². The lowest BCUT2D eigenvalue weighted by molar-refractivity contribution is -0.00181. The number of nitrogens with zero attached hydrogens (tertiary/aromatic N) is 1. The van der Waals surface area contributed by atoms with E-state index in [1.807, 2.05) is 13.8 Å². The Kier molecular flexibility index (Phi) is 3.57. The topological polar surface area (TPSA) is 50.7 Å². The van der Waals surface area contributed by atoms with Gasteiger partial charge in [-0.25, -0.2) is 0 Å². The number of hydrogen-bond donors (Lipinski definition) is 1. The fourth-order valence-corrected chi connectivity index (χ4v) is 2.12. The molecule has 0 radical (unpaired) electrons. The molecule has 0 spiro atoms. The number of halogens is 1. The van der Waals surface area contributed by atoms with Crippen molar-refractivity contribution in [2.45, 2.75) is 25.9 Å². The van der Waals surface area contributed by atoms with Crippen molar-refractivity contribution in [1.82, 2.24) is 5.32 Å². The number of benzene rings is 1.